The lowest BCUT2D eigenvalue weighted by molar-refractivity contribution is 0.131. The Labute approximate surface area is 113 Å². The number of aliphatic hydroxyl groups excluding tert-OH is 1. The Balaban J connectivity index is 1.88. The van der Waals surface area contributed by atoms with E-state index in [1.807, 2.05) is 11.7 Å². The van der Waals surface area contributed by atoms with Crippen LogP contribution in [0.15, 0.2) is 0 Å². The monoisotopic (exact) mass is 271 g/mol. The SMILES string of the molecule is CCc1nn(C)c(CNCC2CCCC2O)c1Cl. The van der Waals surface area contributed by atoms with Crippen molar-refractivity contribution < 1.29 is 5.11 Å². The molecule has 0 radical (unpaired) electrons. The van der Waals surface area contributed by atoms with Crippen LogP contribution in [0.1, 0.15) is 37.6 Å². The minimum Gasteiger partial charge on any atom is -0.393 e. The van der Waals surface area contributed by atoms with E-state index in [4.69, 9.17) is 11.6 Å². The Bertz CT molecular complexity index is 405. The van der Waals surface area contributed by atoms with Crippen LogP contribution in [0.3, 0.4) is 0 Å². The molecule has 102 valence electrons. The molecule has 1 saturated carbocycles. The summed E-state index contributed by atoms with van der Waals surface area (Å²) < 4.78 is 1.85. The molecule has 18 heavy (non-hydrogen) atoms. The molecule has 2 atom stereocenters. The minimum atomic E-state index is -0.134. The third-order valence-corrected chi connectivity index (χ3v) is 4.26. The van der Waals surface area contributed by atoms with Gasteiger partial charge < -0.3 is 10.4 Å². The first-order chi connectivity index (χ1) is 8.63. The molecule has 0 amide bonds. The molecule has 1 aromatic heterocycles. The average Bonchev–Trinajstić information content (AvgIpc) is 2.87. The fraction of sp³-hybridized carbons (Fsp3) is 0.769. The topological polar surface area (TPSA) is 50.1 Å². The molecule has 0 bridgehead atoms. The molecule has 1 aromatic rings. The van der Waals surface area contributed by atoms with Gasteiger partial charge >= 0.3 is 0 Å². The van der Waals surface area contributed by atoms with Gasteiger partial charge in [-0.15, -0.1) is 0 Å². The molecule has 0 aliphatic heterocycles. The summed E-state index contributed by atoms with van der Waals surface area (Å²) in [6.07, 6.45) is 3.92. The number of aliphatic hydroxyl groups is 1. The first-order valence-corrected chi connectivity index (χ1v) is 7.10. The molecule has 1 aliphatic rings. The molecule has 2 unspecified atom stereocenters. The van der Waals surface area contributed by atoms with Gasteiger partial charge in [0.2, 0.25) is 0 Å². The summed E-state index contributed by atoms with van der Waals surface area (Å²) in [5.41, 5.74) is 1.98. The quantitative estimate of drug-likeness (QED) is 0.860. The van der Waals surface area contributed by atoms with E-state index in [2.05, 4.69) is 17.3 Å². The van der Waals surface area contributed by atoms with Crippen molar-refractivity contribution in [3.05, 3.63) is 16.4 Å². The molecule has 1 heterocycles. The van der Waals surface area contributed by atoms with E-state index in [9.17, 15) is 5.11 Å². The van der Waals surface area contributed by atoms with E-state index < -0.39 is 0 Å². The number of nitrogens with one attached hydrogen (secondary N) is 1. The highest BCUT2D eigenvalue weighted by Gasteiger charge is 2.24. The minimum absolute atomic E-state index is 0.134. The van der Waals surface area contributed by atoms with Gasteiger partial charge in [0.1, 0.15) is 0 Å². The van der Waals surface area contributed by atoms with Gasteiger partial charge in [-0.3, -0.25) is 4.68 Å². The molecular formula is C13H22ClN3O. The van der Waals surface area contributed by atoms with E-state index in [1.165, 1.54) is 0 Å². The molecule has 1 fully saturated rings. The maximum Gasteiger partial charge on any atom is 0.0863 e. The van der Waals surface area contributed by atoms with E-state index in [-0.39, 0.29) is 6.10 Å². The third kappa shape index (κ3) is 2.87. The zero-order valence-electron chi connectivity index (χ0n) is 11.1. The summed E-state index contributed by atoms with van der Waals surface area (Å²) in [5, 5.41) is 18.3. The first-order valence-electron chi connectivity index (χ1n) is 6.72. The van der Waals surface area contributed by atoms with Crippen LogP contribution in [-0.4, -0.2) is 27.5 Å². The summed E-state index contributed by atoms with van der Waals surface area (Å²) in [5.74, 6) is 0.391. The van der Waals surface area contributed by atoms with Crippen LogP contribution in [0.4, 0.5) is 0 Å². The summed E-state index contributed by atoms with van der Waals surface area (Å²) in [6, 6.07) is 0. The molecule has 4 nitrogen and oxygen atoms in total. The van der Waals surface area contributed by atoms with Gasteiger partial charge in [0.25, 0.3) is 0 Å². The fourth-order valence-corrected chi connectivity index (χ4v) is 3.00. The van der Waals surface area contributed by atoms with Crippen molar-refractivity contribution in [1.82, 2.24) is 15.1 Å². The smallest absolute Gasteiger partial charge is 0.0863 e. The highest BCUT2D eigenvalue weighted by Crippen LogP contribution is 2.25. The van der Waals surface area contributed by atoms with Crippen LogP contribution >= 0.6 is 11.6 Å². The zero-order chi connectivity index (χ0) is 13.1. The van der Waals surface area contributed by atoms with Gasteiger partial charge in [-0.1, -0.05) is 24.9 Å². The number of hydrogen-bond donors (Lipinski definition) is 2. The lowest BCUT2D eigenvalue weighted by Crippen LogP contribution is -2.28. The predicted octanol–water partition coefficient (Wildman–Crippen LogP) is 1.89. The summed E-state index contributed by atoms with van der Waals surface area (Å²) in [6.45, 7) is 3.62. The van der Waals surface area contributed by atoms with Crippen LogP contribution in [0.5, 0.6) is 0 Å². The Morgan fingerprint density at radius 3 is 2.83 bits per heavy atom. The Morgan fingerprint density at radius 2 is 2.28 bits per heavy atom. The molecule has 0 aromatic carbocycles. The summed E-state index contributed by atoms with van der Waals surface area (Å²) in [4.78, 5) is 0. The van der Waals surface area contributed by atoms with Gasteiger partial charge in [0.15, 0.2) is 0 Å². The highest BCUT2D eigenvalue weighted by atomic mass is 35.5. The Hall–Kier alpha value is -0.580. The van der Waals surface area contributed by atoms with Crippen molar-refractivity contribution in [1.29, 1.82) is 0 Å². The molecule has 5 heteroatoms. The Morgan fingerprint density at radius 1 is 1.50 bits per heavy atom. The molecule has 2 rings (SSSR count). The lowest BCUT2D eigenvalue weighted by atomic mass is 10.1. The molecule has 2 N–H and O–H groups in total. The number of hydrogen-bond acceptors (Lipinski definition) is 3. The van der Waals surface area contributed by atoms with E-state index >= 15 is 0 Å². The van der Waals surface area contributed by atoms with Gasteiger partial charge in [-0.25, -0.2) is 0 Å². The van der Waals surface area contributed by atoms with Crippen molar-refractivity contribution in [2.24, 2.45) is 13.0 Å². The van der Waals surface area contributed by atoms with Crippen LogP contribution in [0.2, 0.25) is 5.02 Å². The van der Waals surface area contributed by atoms with Crippen LogP contribution in [0, 0.1) is 5.92 Å². The largest absolute Gasteiger partial charge is 0.393 e. The number of nitrogens with zero attached hydrogens (tertiary/aromatic N) is 2. The highest BCUT2D eigenvalue weighted by molar-refractivity contribution is 6.31. The van der Waals surface area contributed by atoms with E-state index in [0.717, 1.165) is 48.6 Å². The van der Waals surface area contributed by atoms with Crippen molar-refractivity contribution in [2.45, 2.75) is 45.3 Å². The fourth-order valence-electron chi connectivity index (χ4n) is 2.64. The number of aryl methyl sites for hydroxylation is 2. The van der Waals surface area contributed by atoms with Crippen LogP contribution in [0.25, 0.3) is 0 Å². The van der Waals surface area contributed by atoms with Gasteiger partial charge in [0, 0.05) is 20.1 Å². The number of aromatic nitrogens is 2. The van der Waals surface area contributed by atoms with E-state index in [1.54, 1.807) is 0 Å². The van der Waals surface area contributed by atoms with Crippen molar-refractivity contribution in [3.8, 4) is 0 Å². The second-order valence-electron chi connectivity index (χ2n) is 5.07. The second-order valence-corrected chi connectivity index (χ2v) is 5.45. The summed E-state index contributed by atoms with van der Waals surface area (Å²) in [7, 11) is 1.92. The molecule has 1 aliphatic carbocycles. The van der Waals surface area contributed by atoms with Crippen molar-refractivity contribution in [3.63, 3.8) is 0 Å². The van der Waals surface area contributed by atoms with Crippen molar-refractivity contribution in [2.75, 3.05) is 6.54 Å². The maximum absolute atomic E-state index is 9.75. The molecule has 0 spiro atoms. The average molecular weight is 272 g/mol. The Kier molecular flexibility index (Phi) is 4.65. The predicted molar refractivity (Wildman–Crippen MR) is 72.7 cm³/mol. The molecular weight excluding hydrogens is 250 g/mol. The van der Waals surface area contributed by atoms with Gasteiger partial charge in [-0.05, 0) is 25.2 Å². The third-order valence-electron chi connectivity index (χ3n) is 3.82. The maximum atomic E-state index is 9.75. The van der Waals surface area contributed by atoms with Gasteiger partial charge in [0.05, 0.1) is 22.5 Å². The zero-order valence-corrected chi connectivity index (χ0v) is 11.9. The standard InChI is InChI=1S/C13H22ClN3O/c1-3-10-13(14)11(17(2)16-10)8-15-7-9-5-4-6-12(9)18/h9,12,15,18H,3-8H2,1-2H3. The number of halogens is 1. The normalized spacial score (nSPS) is 23.8. The second kappa shape index (κ2) is 6.04. The van der Waals surface area contributed by atoms with Crippen LogP contribution < -0.4 is 5.32 Å². The van der Waals surface area contributed by atoms with Crippen LogP contribution in [-0.2, 0) is 20.0 Å². The number of rotatable bonds is 5. The van der Waals surface area contributed by atoms with E-state index in [0.29, 0.717) is 12.5 Å². The summed E-state index contributed by atoms with van der Waals surface area (Å²) >= 11 is 6.28. The first kappa shape index (κ1) is 13.8. The van der Waals surface area contributed by atoms with Crippen molar-refractivity contribution >= 4 is 11.6 Å². The molecule has 0 saturated heterocycles. The lowest BCUT2D eigenvalue weighted by Gasteiger charge is -2.15. The van der Waals surface area contributed by atoms with Gasteiger partial charge in [-0.2, -0.15) is 5.10 Å².